The highest BCUT2D eigenvalue weighted by Gasteiger charge is 2.26. The van der Waals surface area contributed by atoms with Crippen LogP contribution in [0.2, 0.25) is 0 Å². The molecule has 0 bridgehead atoms. The predicted octanol–water partition coefficient (Wildman–Crippen LogP) is 2.92. The van der Waals surface area contributed by atoms with Crippen molar-refractivity contribution in [3.63, 3.8) is 0 Å². The summed E-state index contributed by atoms with van der Waals surface area (Å²) in [7, 11) is 0. The van der Waals surface area contributed by atoms with Gasteiger partial charge in [0.25, 0.3) is 0 Å². The average molecular weight is 389 g/mol. The van der Waals surface area contributed by atoms with Gasteiger partial charge in [0.05, 0.1) is 18.3 Å². The van der Waals surface area contributed by atoms with Gasteiger partial charge in [0.1, 0.15) is 5.82 Å². The molecule has 0 aliphatic carbocycles. The molecule has 5 nitrogen and oxygen atoms in total. The lowest BCUT2D eigenvalue weighted by Gasteiger charge is -2.38. The van der Waals surface area contributed by atoms with E-state index < -0.39 is 0 Å². The number of rotatable bonds is 6. The number of piperazine rings is 1. The SMILES string of the molecule is CC(=O)c1ccc(N2CCN(C(C)C(=O)NCc3cccs3)CC2)c(F)c1. The number of ketones is 1. The zero-order valence-electron chi connectivity index (χ0n) is 15.6. The van der Waals surface area contributed by atoms with Crippen LogP contribution in [-0.2, 0) is 11.3 Å². The second kappa shape index (κ2) is 8.63. The van der Waals surface area contributed by atoms with Gasteiger partial charge >= 0.3 is 0 Å². The molecule has 1 unspecified atom stereocenters. The minimum absolute atomic E-state index is 0.00819. The van der Waals surface area contributed by atoms with Crippen LogP contribution in [0.4, 0.5) is 10.1 Å². The summed E-state index contributed by atoms with van der Waals surface area (Å²) in [6, 6.07) is 8.37. The van der Waals surface area contributed by atoms with Crippen molar-refractivity contribution in [2.75, 3.05) is 31.1 Å². The predicted molar refractivity (Wildman–Crippen MR) is 106 cm³/mol. The van der Waals surface area contributed by atoms with Crippen LogP contribution in [0.15, 0.2) is 35.7 Å². The van der Waals surface area contributed by atoms with Crippen LogP contribution in [0.25, 0.3) is 0 Å². The lowest BCUT2D eigenvalue weighted by atomic mass is 10.1. The van der Waals surface area contributed by atoms with Crippen LogP contribution in [0.5, 0.6) is 0 Å². The highest BCUT2D eigenvalue weighted by Crippen LogP contribution is 2.23. The van der Waals surface area contributed by atoms with Crippen LogP contribution >= 0.6 is 11.3 Å². The second-order valence-electron chi connectivity index (χ2n) is 6.72. The van der Waals surface area contributed by atoms with E-state index in [1.54, 1.807) is 23.5 Å². The molecule has 1 amide bonds. The Balaban J connectivity index is 1.53. The number of carbonyl (C=O) groups excluding carboxylic acids is 2. The van der Waals surface area contributed by atoms with Crippen molar-refractivity contribution in [1.29, 1.82) is 0 Å². The Kier molecular flexibility index (Phi) is 6.23. The number of halogens is 1. The zero-order chi connectivity index (χ0) is 19.4. The highest BCUT2D eigenvalue weighted by molar-refractivity contribution is 7.09. The summed E-state index contributed by atoms with van der Waals surface area (Å²) < 4.78 is 14.3. The summed E-state index contributed by atoms with van der Waals surface area (Å²) in [5, 5.41) is 4.97. The summed E-state index contributed by atoms with van der Waals surface area (Å²) in [4.78, 5) is 29.0. The first kappa shape index (κ1) is 19.5. The standard InChI is InChI=1S/C20H24FN3O2S/c1-14(20(26)22-13-17-4-3-11-27-17)23-7-9-24(10-8-23)19-6-5-16(15(2)25)12-18(19)21/h3-6,11-12,14H,7-10,13H2,1-2H3,(H,22,26). The fourth-order valence-corrected chi connectivity index (χ4v) is 3.88. The van der Waals surface area contributed by atoms with Crippen molar-refractivity contribution >= 4 is 28.7 Å². The minimum atomic E-state index is -0.377. The van der Waals surface area contributed by atoms with E-state index in [9.17, 15) is 14.0 Å². The Morgan fingerprint density at radius 3 is 2.56 bits per heavy atom. The second-order valence-corrected chi connectivity index (χ2v) is 7.75. The summed E-state index contributed by atoms with van der Waals surface area (Å²) in [6.07, 6.45) is 0. The van der Waals surface area contributed by atoms with Crippen molar-refractivity contribution in [1.82, 2.24) is 10.2 Å². The number of benzene rings is 1. The highest BCUT2D eigenvalue weighted by atomic mass is 32.1. The molecule has 1 aromatic heterocycles. The van der Waals surface area contributed by atoms with Gasteiger partial charge in [-0.15, -0.1) is 11.3 Å². The maximum Gasteiger partial charge on any atom is 0.237 e. The quantitative estimate of drug-likeness (QED) is 0.772. The van der Waals surface area contributed by atoms with Crippen LogP contribution in [0.1, 0.15) is 29.1 Å². The lowest BCUT2D eigenvalue weighted by Crippen LogP contribution is -2.54. The number of thiophene rings is 1. The number of hydrogen-bond acceptors (Lipinski definition) is 5. The fraction of sp³-hybridized carbons (Fsp3) is 0.400. The van der Waals surface area contributed by atoms with Crippen LogP contribution < -0.4 is 10.2 Å². The number of carbonyl (C=O) groups is 2. The molecule has 0 spiro atoms. The summed E-state index contributed by atoms with van der Waals surface area (Å²) in [5.74, 6) is -0.514. The Morgan fingerprint density at radius 1 is 1.22 bits per heavy atom. The van der Waals surface area contributed by atoms with Crippen LogP contribution in [0.3, 0.4) is 0 Å². The van der Waals surface area contributed by atoms with E-state index >= 15 is 0 Å². The van der Waals surface area contributed by atoms with Crippen molar-refractivity contribution in [2.45, 2.75) is 26.4 Å². The Hall–Kier alpha value is -2.25. The minimum Gasteiger partial charge on any atom is -0.367 e. The van der Waals surface area contributed by atoms with Crippen molar-refractivity contribution in [2.24, 2.45) is 0 Å². The van der Waals surface area contributed by atoms with E-state index in [-0.39, 0.29) is 23.5 Å². The Morgan fingerprint density at radius 2 is 1.96 bits per heavy atom. The Labute approximate surface area is 162 Å². The first-order valence-electron chi connectivity index (χ1n) is 9.05. The van der Waals surface area contributed by atoms with Gasteiger partial charge in [-0.25, -0.2) is 4.39 Å². The molecule has 0 radical (unpaired) electrons. The number of nitrogens with zero attached hydrogens (tertiary/aromatic N) is 2. The molecule has 0 saturated carbocycles. The smallest absolute Gasteiger partial charge is 0.237 e. The molecule has 144 valence electrons. The van der Waals surface area contributed by atoms with Gasteiger partial charge < -0.3 is 10.2 Å². The van der Waals surface area contributed by atoms with Crippen LogP contribution in [-0.4, -0.2) is 48.8 Å². The monoisotopic (exact) mass is 389 g/mol. The van der Waals surface area contributed by atoms with Crippen LogP contribution in [0, 0.1) is 5.82 Å². The van der Waals surface area contributed by atoms with E-state index in [0.29, 0.717) is 44.0 Å². The molecule has 27 heavy (non-hydrogen) atoms. The first-order chi connectivity index (χ1) is 13.0. The normalized spacial score (nSPS) is 16.2. The number of anilines is 1. The molecule has 1 aromatic carbocycles. The topological polar surface area (TPSA) is 52.7 Å². The first-order valence-corrected chi connectivity index (χ1v) is 9.93. The van der Waals surface area contributed by atoms with E-state index in [0.717, 1.165) is 4.88 Å². The molecule has 2 aromatic rings. The maximum atomic E-state index is 14.3. The molecule has 1 atom stereocenters. The molecular weight excluding hydrogens is 365 g/mol. The summed E-state index contributed by atoms with van der Waals surface area (Å²) >= 11 is 1.62. The van der Waals surface area contributed by atoms with E-state index in [4.69, 9.17) is 0 Å². The molecule has 1 N–H and O–H groups in total. The summed E-state index contributed by atoms with van der Waals surface area (Å²) in [6.45, 7) is 6.52. The van der Waals surface area contributed by atoms with Gasteiger partial charge in [0.2, 0.25) is 5.91 Å². The third-order valence-corrected chi connectivity index (χ3v) is 5.83. The van der Waals surface area contributed by atoms with E-state index in [2.05, 4.69) is 10.2 Å². The number of nitrogens with one attached hydrogen (secondary N) is 1. The molecule has 3 rings (SSSR count). The molecule has 1 aliphatic heterocycles. The number of amides is 1. The lowest BCUT2D eigenvalue weighted by molar-refractivity contribution is -0.126. The van der Waals surface area contributed by atoms with Crippen molar-refractivity contribution < 1.29 is 14.0 Å². The third kappa shape index (κ3) is 4.73. The van der Waals surface area contributed by atoms with Gasteiger partial charge in [-0.2, -0.15) is 0 Å². The largest absolute Gasteiger partial charge is 0.367 e. The van der Waals surface area contributed by atoms with E-state index in [1.807, 2.05) is 29.3 Å². The molecule has 2 heterocycles. The van der Waals surface area contributed by atoms with E-state index in [1.165, 1.54) is 13.0 Å². The van der Waals surface area contributed by atoms with Gasteiger partial charge in [0.15, 0.2) is 5.78 Å². The maximum absolute atomic E-state index is 14.3. The van der Waals surface area contributed by atoms with Gasteiger partial charge in [-0.3, -0.25) is 14.5 Å². The number of hydrogen-bond donors (Lipinski definition) is 1. The molecule has 1 fully saturated rings. The molecule has 1 aliphatic rings. The Bertz CT molecular complexity index is 802. The van der Waals surface area contributed by atoms with Gasteiger partial charge in [-0.05, 0) is 43.5 Å². The van der Waals surface area contributed by atoms with Crippen molar-refractivity contribution in [3.05, 3.63) is 52.0 Å². The summed E-state index contributed by atoms with van der Waals surface area (Å²) in [5.41, 5.74) is 0.889. The fourth-order valence-electron chi connectivity index (χ4n) is 3.23. The number of Topliss-reactive ketones (excluding diaryl/α,β-unsaturated/α-hetero) is 1. The average Bonchev–Trinajstić information content (AvgIpc) is 3.19. The molecular formula is C20H24FN3O2S. The zero-order valence-corrected chi connectivity index (χ0v) is 16.4. The van der Waals surface area contributed by atoms with Gasteiger partial charge in [0, 0.05) is 36.6 Å². The molecule has 7 heteroatoms. The third-order valence-electron chi connectivity index (χ3n) is 4.95. The molecule has 1 saturated heterocycles. The van der Waals surface area contributed by atoms with Crippen molar-refractivity contribution in [3.8, 4) is 0 Å². The van der Waals surface area contributed by atoms with Gasteiger partial charge in [-0.1, -0.05) is 6.07 Å².